The summed E-state index contributed by atoms with van der Waals surface area (Å²) in [5, 5.41) is 0.0668. The van der Waals surface area contributed by atoms with Crippen LogP contribution in [0.15, 0.2) is 34.1 Å². The molecule has 2 N–H and O–H groups in total. The molecule has 0 amide bonds. The molecule has 120 valence electrons. The van der Waals surface area contributed by atoms with Crippen LogP contribution in [0, 0.1) is 0 Å². The summed E-state index contributed by atoms with van der Waals surface area (Å²) in [7, 11) is -7.70. The maximum atomic E-state index is 11.7. The second-order valence-corrected chi connectivity index (χ2v) is 6.94. The number of rotatable bonds is 4. The van der Waals surface area contributed by atoms with Crippen molar-refractivity contribution in [3.63, 3.8) is 0 Å². The maximum Gasteiger partial charge on any atom is 0.299 e. The minimum absolute atomic E-state index is 0.0851. The highest BCUT2D eigenvalue weighted by Crippen LogP contribution is 2.45. The van der Waals surface area contributed by atoms with Crippen LogP contribution in [-0.4, -0.2) is 40.2 Å². The second kappa shape index (κ2) is 5.39. The predicted octanol–water partition coefficient (Wildman–Crippen LogP) is 1.35. The van der Waals surface area contributed by atoms with Gasteiger partial charge >= 0.3 is 0 Å². The fraction of sp³-hybridized carbons (Fsp3) is 0.167. The molecule has 0 spiro atoms. The number of fused-ring (bicyclic) bond motifs is 1. The monoisotopic (exact) mass is 348 g/mol. The first-order valence-electron chi connectivity index (χ1n) is 5.74. The summed E-state index contributed by atoms with van der Waals surface area (Å²) in [4.78, 5) is -2.05. The van der Waals surface area contributed by atoms with E-state index >= 15 is 0 Å². The van der Waals surface area contributed by atoms with Gasteiger partial charge < -0.3 is 9.47 Å². The van der Waals surface area contributed by atoms with Crippen molar-refractivity contribution in [3.8, 4) is 11.5 Å². The van der Waals surface area contributed by atoms with Gasteiger partial charge in [0.15, 0.2) is 16.4 Å². The van der Waals surface area contributed by atoms with E-state index in [1.807, 2.05) is 0 Å². The van der Waals surface area contributed by atoms with Gasteiger partial charge in [-0.2, -0.15) is 16.8 Å². The molecular weight excluding hydrogens is 336 g/mol. The molecule has 0 bridgehead atoms. The molecule has 0 radical (unpaired) electrons. The summed E-state index contributed by atoms with van der Waals surface area (Å²) in [5.74, 6) is -0.602. The number of hydrogen-bond acceptors (Lipinski definition) is 6. The van der Waals surface area contributed by atoms with Crippen molar-refractivity contribution in [1.82, 2.24) is 0 Å². The molecule has 0 aliphatic rings. The van der Waals surface area contributed by atoms with Gasteiger partial charge in [0, 0.05) is 10.8 Å². The first kappa shape index (κ1) is 16.5. The Morgan fingerprint density at radius 2 is 1.23 bits per heavy atom. The Morgan fingerprint density at radius 3 is 1.64 bits per heavy atom. The molecule has 0 aromatic heterocycles. The Morgan fingerprint density at radius 1 is 0.773 bits per heavy atom. The van der Waals surface area contributed by atoms with Crippen LogP contribution in [0.5, 0.6) is 11.5 Å². The molecule has 2 aromatic rings. The van der Waals surface area contributed by atoms with Gasteiger partial charge in [0.25, 0.3) is 20.2 Å². The largest absolute Gasteiger partial charge is 0.492 e. The van der Waals surface area contributed by atoms with Crippen molar-refractivity contribution in [2.24, 2.45) is 0 Å². The molecule has 0 saturated carbocycles. The quantitative estimate of drug-likeness (QED) is 0.793. The average Bonchev–Trinajstić information content (AvgIpc) is 2.42. The molecule has 10 heteroatoms. The molecule has 0 aliphatic carbocycles. The van der Waals surface area contributed by atoms with Crippen LogP contribution in [-0.2, 0) is 20.2 Å². The van der Waals surface area contributed by atoms with Crippen LogP contribution in [0.4, 0.5) is 0 Å². The molecule has 8 nitrogen and oxygen atoms in total. The SMILES string of the molecule is COc1c(S(=O)(=O)O)c(S(=O)(=O)O)c2ccccc2c1OC. The summed E-state index contributed by atoms with van der Waals surface area (Å²) in [6.07, 6.45) is 0. The zero-order valence-corrected chi connectivity index (χ0v) is 13.1. The lowest BCUT2D eigenvalue weighted by atomic mass is 10.1. The van der Waals surface area contributed by atoms with Gasteiger partial charge in [-0.1, -0.05) is 24.3 Å². The van der Waals surface area contributed by atoms with Gasteiger partial charge in [-0.25, -0.2) is 0 Å². The van der Waals surface area contributed by atoms with Crippen molar-refractivity contribution in [1.29, 1.82) is 0 Å². The zero-order chi connectivity index (χ0) is 16.7. The fourth-order valence-electron chi connectivity index (χ4n) is 2.21. The lowest BCUT2D eigenvalue weighted by Gasteiger charge is -2.17. The Labute approximate surface area is 126 Å². The lowest BCUT2D eigenvalue weighted by Crippen LogP contribution is -2.12. The van der Waals surface area contributed by atoms with Crippen LogP contribution >= 0.6 is 0 Å². The Hall–Kier alpha value is -1.88. The van der Waals surface area contributed by atoms with Gasteiger partial charge in [-0.05, 0) is 0 Å². The van der Waals surface area contributed by atoms with Gasteiger partial charge in [-0.3, -0.25) is 9.11 Å². The van der Waals surface area contributed by atoms with Crippen LogP contribution in [0.3, 0.4) is 0 Å². The van der Waals surface area contributed by atoms with Gasteiger partial charge in [-0.15, -0.1) is 0 Å². The van der Waals surface area contributed by atoms with Crippen molar-refractivity contribution in [2.75, 3.05) is 14.2 Å². The fourth-order valence-corrected chi connectivity index (χ4v) is 4.38. The van der Waals surface area contributed by atoms with Crippen molar-refractivity contribution in [2.45, 2.75) is 9.79 Å². The van der Waals surface area contributed by atoms with Crippen molar-refractivity contribution in [3.05, 3.63) is 24.3 Å². The molecular formula is C12H12O8S2. The van der Waals surface area contributed by atoms with E-state index in [1.165, 1.54) is 25.3 Å². The van der Waals surface area contributed by atoms with Crippen LogP contribution in [0.25, 0.3) is 10.8 Å². The maximum absolute atomic E-state index is 11.7. The zero-order valence-electron chi connectivity index (χ0n) is 11.5. The van der Waals surface area contributed by atoms with Gasteiger partial charge in [0.05, 0.1) is 14.2 Å². The van der Waals surface area contributed by atoms with Gasteiger partial charge in [0.2, 0.25) is 0 Å². The molecule has 0 unspecified atom stereocenters. The highest BCUT2D eigenvalue weighted by molar-refractivity contribution is 7.89. The van der Waals surface area contributed by atoms with E-state index < -0.39 is 35.8 Å². The summed E-state index contributed by atoms with van der Waals surface area (Å²) in [6.45, 7) is 0. The lowest BCUT2D eigenvalue weighted by molar-refractivity contribution is 0.345. The minimum atomic E-state index is -5.03. The Kier molecular flexibility index (Phi) is 4.04. The minimum Gasteiger partial charge on any atom is -0.492 e. The number of benzene rings is 2. The van der Waals surface area contributed by atoms with E-state index in [0.717, 1.165) is 7.11 Å². The van der Waals surface area contributed by atoms with Crippen LogP contribution in [0.1, 0.15) is 0 Å². The Balaban J connectivity index is 3.28. The third-order valence-electron chi connectivity index (χ3n) is 2.96. The standard InChI is InChI=1S/C12H12O8S2/c1-19-9-7-5-3-4-6-8(7)11(21(13,14)15)12(10(9)20-2)22(16,17)18/h3-6H,1-2H3,(H,13,14,15)(H,16,17,18). The summed E-state index contributed by atoms with van der Waals surface area (Å²) < 4.78 is 75.4. The van der Waals surface area contributed by atoms with Gasteiger partial charge in [0.1, 0.15) is 4.90 Å². The average molecular weight is 348 g/mol. The van der Waals surface area contributed by atoms with E-state index in [-0.39, 0.29) is 16.5 Å². The third kappa shape index (κ3) is 2.61. The van der Waals surface area contributed by atoms with Crippen molar-refractivity contribution >= 4 is 31.0 Å². The summed E-state index contributed by atoms with van der Waals surface area (Å²) in [5.41, 5.74) is 0. The topological polar surface area (TPSA) is 127 Å². The Bertz CT molecular complexity index is 945. The highest BCUT2D eigenvalue weighted by atomic mass is 32.2. The number of hydrogen-bond donors (Lipinski definition) is 2. The number of ether oxygens (including phenoxy) is 2. The molecule has 2 aromatic carbocycles. The van der Waals surface area contributed by atoms with Crippen LogP contribution in [0.2, 0.25) is 0 Å². The van der Waals surface area contributed by atoms with Crippen molar-refractivity contribution < 1.29 is 35.4 Å². The second-order valence-electron chi connectivity index (χ2n) is 4.22. The van der Waals surface area contributed by atoms with E-state index in [0.29, 0.717) is 0 Å². The van der Waals surface area contributed by atoms with E-state index in [4.69, 9.17) is 9.47 Å². The summed E-state index contributed by atoms with van der Waals surface area (Å²) in [6, 6.07) is 5.73. The number of methoxy groups -OCH3 is 2. The molecule has 0 saturated heterocycles. The third-order valence-corrected chi connectivity index (χ3v) is 4.93. The summed E-state index contributed by atoms with van der Waals surface area (Å²) >= 11 is 0. The first-order chi connectivity index (χ1) is 10.1. The van der Waals surface area contributed by atoms with Crippen LogP contribution < -0.4 is 9.47 Å². The molecule has 22 heavy (non-hydrogen) atoms. The first-order valence-corrected chi connectivity index (χ1v) is 8.62. The smallest absolute Gasteiger partial charge is 0.299 e. The normalized spacial score (nSPS) is 12.4. The molecule has 0 heterocycles. The predicted molar refractivity (Wildman–Crippen MR) is 76.7 cm³/mol. The van der Waals surface area contributed by atoms with E-state index in [2.05, 4.69) is 0 Å². The van der Waals surface area contributed by atoms with E-state index in [9.17, 15) is 25.9 Å². The molecule has 0 atom stereocenters. The molecule has 0 aliphatic heterocycles. The van der Waals surface area contributed by atoms with E-state index in [1.54, 1.807) is 6.07 Å². The molecule has 0 fully saturated rings. The highest BCUT2D eigenvalue weighted by Gasteiger charge is 2.34. The molecule has 2 rings (SSSR count).